The van der Waals surface area contributed by atoms with Crippen molar-refractivity contribution in [2.75, 3.05) is 0 Å². The number of hydrazone groups is 1. The van der Waals surface area contributed by atoms with Crippen LogP contribution >= 0.6 is 0 Å². The predicted octanol–water partition coefficient (Wildman–Crippen LogP) is 0.454. The average Bonchev–Trinajstić information content (AvgIpc) is 2.88. The molecule has 4 N–H and O–H groups in total. The number of urea groups is 1. The fourth-order valence-corrected chi connectivity index (χ4v) is 2.93. The van der Waals surface area contributed by atoms with Gasteiger partial charge in [0.15, 0.2) is 0 Å². The number of nitrogens with zero attached hydrogens (tertiary/aromatic N) is 2. The third-order valence-corrected chi connectivity index (χ3v) is 4.58. The number of aromatic nitrogens is 1. The van der Waals surface area contributed by atoms with Crippen molar-refractivity contribution in [1.29, 1.82) is 0 Å². The minimum absolute atomic E-state index is 0.00479. The molecule has 1 heterocycles. The van der Waals surface area contributed by atoms with E-state index < -0.39 is 22.0 Å². The zero-order valence-electron chi connectivity index (χ0n) is 13.6. The lowest BCUT2D eigenvalue weighted by molar-refractivity contribution is 0.0981. The van der Waals surface area contributed by atoms with E-state index in [9.17, 15) is 18.0 Å². The van der Waals surface area contributed by atoms with Gasteiger partial charge in [-0.15, -0.1) is 0 Å². The van der Waals surface area contributed by atoms with E-state index in [1.165, 1.54) is 30.6 Å². The molecular weight excluding hydrogens is 346 g/mol. The lowest BCUT2D eigenvalue weighted by atomic mass is 10.2. The van der Waals surface area contributed by atoms with Gasteiger partial charge < -0.3 is 10.3 Å². The Morgan fingerprint density at radius 1 is 1.24 bits per heavy atom. The van der Waals surface area contributed by atoms with Crippen LogP contribution in [-0.4, -0.2) is 31.1 Å². The highest BCUT2D eigenvalue weighted by Crippen LogP contribution is 2.12. The highest BCUT2D eigenvalue weighted by atomic mass is 32.2. The Hall–Kier alpha value is -3.14. The summed E-state index contributed by atoms with van der Waals surface area (Å²) in [4.78, 5) is 22.8. The second-order valence-corrected chi connectivity index (χ2v) is 6.93. The Kier molecular flexibility index (Phi) is 5.22. The first-order valence-corrected chi connectivity index (χ1v) is 8.56. The van der Waals surface area contributed by atoms with Gasteiger partial charge in [0.1, 0.15) is 0 Å². The molecule has 0 bridgehead atoms. The van der Waals surface area contributed by atoms with Crippen LogP contribution in [0.2, 0.25) is 0 Å². The van der Waals surface area contributed by atoms with Gasteiger partial charge in [0.05, 0.1) is 22.4 Å². The van der Waals surface area contributed by atoms with Crippen LogP contribution in [-0.2, 0) is 17.1 Å². The molecule has 0 fully saturated rings. The molecule has 1 aromatic carbocycles. The molecule has 25 heavy (non-hydrogen) atoms. The van der Waals surface area contributed by atoms with E-state index in [1.807, 2.05) is 17.1 Å². The lowest BCUT2D eigenvalue weighted by Crippen LogP contribution is -2.30. The molecular formula is C15H17N5O4S. The summed E-state index contributed by atoms with van der Waals surface area (Å²) in [5.41, 5.74) is 8.40. The highest BCUT2D eigenvalue weighted by molar-refractivity contribution is 7.90. The Bertz CT molecular complexity index is 929. The number of carbonyl (C=O) groups is 2. The van der Waals surface area contributed by atoms with E-state index in [2.05, 4.69) is 5.10 Å². The van der Waals surface area contributed by atoms with Crippen molar-refractivity contribution in [3.05, 3.63) is 53.3 Å². The van der Waals surface area contributed by atoms with Crippen LogP contribution in [0.25, 0.3) is 0 Å². The largest absolute Gasteiger partial charge is 0.350 e. The van der Waals surface area contributed by atoms with Crippen LogP contribution in [0.5, 0.6) is 0 Å². The first kappa shape index (κ1) is 18.2. The van der Waals surface area contributed by atoms with Crippen LogP contribution in [0.3, 0.4) is 0 Å². The molecule has 0 saturated carbocycles. The minimum Gasteiger partial charge on any atom is -0.350 e. The molecule has 0 unspecified atom stereocenters. The van der Waals surface area contributed by atoms with Crippen LogP contribution in [0, 0.1) is 6.92 Å². The maximum absolute atomic E-state index is 12.2. The second-order valence-electron chi connectivity index (χ2n) is 5.25. The van der Waals surface area contributed by atoms with Gasteiger partial charge in [0.25, 0.3) is 15.9 Å². The van der Waals surface area contributed by atoms with E-state index in [-0.39, 0.29) is 10.5 Å². The normalized spacial score (nSPS) is 11.4. The number of amides is 3. The van der Waals surface area contributed by atoms with Crippen molar-refractivity contribution < 1.29 is 18.0 Å². The zero-order chi connectivity index (χ0) is 18.6. The third kappa shape index (κ3) is 4.67. The van der Waals surface area contributed by atoms with Gasteiger partial charge >= 0.3 is 6.03 Å². The summed E-state index contributed by atoms with van der Waals surface area (Å²) >= 11 is 0. The Morgan fingerprint density at radius 2 is 1.88 bits per heavy atom. The van der Waals surface area contributed by atoms with Crippen LogP contribution in [0.4, 0.5) is 4.79 Å². The topological polar surface area (TPSA) is 136 Å². The molecule has 9 nitrogen and oxygen atoms in total. The SMILES string of the molecule is Cc1ccc(S(=O)(=O)NC(=O)c2cc(/C=N\NC(N)=O)n(C)c2)cc1. The molecule has 0 aliphatic rings. The number of sulfonamides is 1. The minimum atomic E-state index is -3.97. The van der Waals surface area contributed by atoms with Crippen molar-refractivity contribution in [2.24, 2.45) is 17.9 Å². The number of benzene rings is 1. The number of hydrogen-bond donors (Lipinski definition) is 3. The van der Waals surface area contributed by atoms with Gasteiger partial charge in [-0.1, -0.05) is 17.7 Å². The molecule has 132 valence electrons. The van der Waals surface area contributed by atoms with E-state index in [4.69, 9.17) is 5.73 Å². The molecule has 0 aliphatic carbocycles. The maximum Gasteiger partial charge on any atom is 0.332 e. The van der Waals surface area contributed by atoms with Gasteiger partial charge in [-0.25, -0.2) is 23.4 Å². The fraction of sp³-hybridized carbons (Fsp3) is 0.133. The quantitative estimate of drug-likeness (QED) is 0.525. The number of hydrogen-bond acceptors (Lipinski definition) is 5. The van der Waals surface area contributed by atoms with E-state index in [0.29, 0.717) is 5.69 Å². The maximum atomic E-state index is 12.2. The smallest absolute Gasteiger partial charge is 0.332 e. The number of nitrogens with one attached hydrogen (secondary N) is 2. The van der Waals surface area contributed by atoms with Gasteiger partial charge in [0.2, 0.25) is 0 Å². The number of rotatable bonds is 5. The summed E-state index contributed by atoms with van der Waals surface area (Å²) in [6.45, 7) is 1.83. The Balaban J connectivity index is 2.17. The first-order chi connectivity index (χ1) is 11.7. The van der Waals surface area contributed by atoms with E-state index in [0.717, 1.165) is 5.56 Å². The van der Waals surface area contributed by atoms with Crippen molar-refractivity contribution in [2.45, 2.75) is 11.8 Å². The number of primary amides is 1. The lowest BCUT2D eigenvalue weighted by Gasteiger charge is -2.06. The van der Waals surface area contributed by atoms with Crippen molar-refractivity contribution in [3.63, 3.8) is 0 Å². The molecule has 1 aromatic heterocycles. The molecule has 3 amide bonds. The average molecular weight is 363 g/mol. The second kappa shape index (κ2) is 7.18. The molecule has 2 aromatic rings. The monoisotopic (exact) mass is 363 g/mol. The third-order valence-electron chi connectivity index (χ3n) is 3.24. The molecule has 0 aliphatic heterocycles. The summed E-state index contributed by atoms with van der Waals surface area (Å²) < 4.78 is 28.0. The molecule has 10 heteroatoms. The van der Waals surface area contributed by atoms with Crippen LogP contribution in [0.15, 0.2) is 46.5 Å². The summed E-state index contributed by atoms with van der Waals surface area (Å²) in [6.07, 6.45) is 2.71. The van der Waals surface area contributed by atoms with Gasteiger partial charge in [-0.3, -0.25) is 4.79 Å². The van der Waals surface area contributed by atoms with Crippen molar-refractivity contribution in [1.82, 2.24) is 14.7 Å². The summed E-state index contributed by atoms with van der Waals surface area (Å²) in [6, 6.07) is 6.72. The van der Waals surface area contributed by atoms with Gasteiger partial charge in [-0.2, -0.15) is 5.10 Å². The van der Waals surface area contributed by atoms with E-state index in [1.54, 1.807) is 23.7 Å². The molecule has 0 radical (unpaired) electrons. The summed E-state index contributed by atoms with van der Waals surface area (Å²) in [7, 11) is -2.34. The molecule has 0 saturated heterocycles. The summed E-state index contributed by atoms with van der Waals surface area (Å²) in [5, 5.41) is 3.58. The predicted molar refractivity (Wildman–Crippen MR) is 91.6 cm³/mol. The molecule has 0 atom stereocenters. The van der Waals surface area contributed by atoms with Gasteiger partial charge in [-0.05, 0) is 25.1 Å². The first-order valence-electron chi connectivity index (χ1n) is 7.08. The molecule has 2 rings (SSSR count). The van der Waals surface area contributed by atoms with Crippen molar-refractivity contribution in [3.8, 4) is 0 Å². The summed E-state index contributed by atoms with van der Waals surface area (Å²) in [5.74, 6) is -0.779. The zero-order valence-corrected chi connectivity index (χ0v) is 14.4. The van der Waals surface area contributed by atoms with Gasteiger partial charge in [0, 0.05) is 13.2 Å². The Morgan fingerprint density at radius 3 is 2.48 bits per heavy atom. The van der Waals surface area contributed by atoms with Crippen LogP contribution in [0.1, 0.15) is 21.6 Å². The molecule has 0 spiro atoms. The highest BCUT2D eigenvalue weighted by Gasteiger charge is 2.19. The fourth-order valence-electron chi connectivity index (χ4n) is 1.95. The number of nitrogens with two attached hydrogens (primary N) is 1. The van der Waals surface area contributed by atoms with Crippen LogP contribution < -0.4 is 15.9 Å². The standard InChI is InChI=1S/C15H17N5O4S/c1-10-3-5-13(6-4-10)25(23,24)19-14(21)11-7-12(20(2)9-11)8-17-18-15(16)22/h3-9H,1-2H3,(H,19,21)(H3,16,18,22)/b17-8-. The number of aryl methyl sites for hydroxylation is 2. The van der Waals surface area contributed by atoms with E-state index >= 15 is 0 Å². The number of carbonyl (C=O) groups excluding carboxylic acids is 2. The Labute approximate surface area is 144 Å². The van der Waals surface area contributed by atoms with Crippen molar-refractivity contribution >= 4 is 28.2 Å².